The van der Waals surface area contributed by atoms with Crippen molar-refractivity contribution in [3.8, 4) is 0 Å². The Kier molecular flexibility index (Phi) is 2.92. The summed E-state index contributed by atoms with van der Waals surface area (Å²) in [5.41, 5.74) is 1.01. The smallest absolute Gasteiger partial charge is 0.132 e. The summed E-state index contributed by atoms with van der Waals surface area (Å²) >= 11 is 0. The molecule has 6 nitrogen and oxygen atoms in total. The van der Waals surface area contributed by atoms with Crippen LogP contribution in [0.5, 0.6) is 0 Å². The number of hydrogen-bond donors (Lipinski definition) is 0. The van der Waals surface area contributed by atoms with E-state index in [2.05, 4.69) is 25.2 Å². The summed E-state index contributed by atoms with van der Waals surface area (Å²) in [5.74, 6) is 1.03. The van der Waals surface area contributed by atoms with Crippen LogP contribution >= 0.6 is 0 Å². The summed E-state index contributed by atoms with van der Waals surface area (Å²) in [6.45, 7) is 4.00. The van der Waals surface area contributed by atoms with Crippen LogP contribution in [0.4, 0.5) is 5.82 Å². The lowest BCUT2D eigenvalue weighted by atomic mass is 10.1. The van der Waals surface area contributed by atoms with Crippen LogP contribution in [0, 0.1) is 6.92 Å². The first kappa shape index (κ1) is 11.1. The molecule has 0 N–H and O–H groups in total. The average molecular weight is 244 g/mol. The maximum Gasteiger partial charge on any atom is 0.132 e. The number of hydrogen-bond acceptors (Lipinski definition) is 5. The maximum absolute atomic E-state index is 4.33. The standard InChI is InChI=1S/C12H16N6/c1-10-8-12(14-9-13-10)17-5-2-11(3-6-17)18-7-4-15-16-18/h4,7-9,11H,2-3,5-6H2,1H3. The lowest BCUT2D eigenvalue weighted by molar-refractivity contribution is 0.359. The van der Waals surface area contributed by atoms with Gasteiger partial charge >= 0.3 is 0 Å². The molecule has 18 heavy (non-hydrogen) atoms. The zero-order valence-corrected chi connectivity index (χ0v) is 10.4. The van der Waals surface area contributed by atoms with Crippen LogP contribution in [-0.2, 0) is 0 Å². The summed E-state index contributed by atoms with van der Waals surface area (Å²) in [6.07, 6.45) is 7.46. The van der Waals surface area contributed by atoms with E-state index < -0.39 is 0 Å². The van der Waals surface area contributed by atoms with Gasteiger partial charge in [-0.05, 0) is 19.8 Å². The topological polar surface area (TPSA) is 59.7 Å². The number of piperidine rings is 1. The van der Waals surface area contributed by atoms with Gasteiger partial charge in [-0.25, -0.2) is 14.6 Å². The van der Waals surface area contributed by atoms with Crippen molar-refractivity contribution in [1.29, 1.82) is 0 Å². The van der Waals surface area contributed by atoms with Gasteiger partial charge in [0.1, 0.15) is 12.1 Å². The van der Waals surface area contributed by atoms with Crippen LogP contribution in [0.25, 0.3) is 0 Å². The molecule has 3 heterocycles. The second-order valence-electron chi connectivity index (χ2n) is 4.62. The Morgan fingerprint density at radius 3 is 2.72 bits per heavy atom. The van der Waals surface area contributed by atoms with E-state index in [0.717, 1.165) is 37.4 Å². The van der Waals surface area contributed by atoms with Crippen molar-refractivity contribution in [3.63, 3.8) is 0 Å². The van der Waals surface area contributed by atoms with Gasteiger partial charge in [-0.1, -0.05) is 5.21 Å². The van der Waals surface area contributed by atoms with Crippen LogP contribution in [0.1, 0.15) is 24.6 Å². The Hall–Kier alpha value is -1.98. The molecule has 1 saturated heterocycles. The van der Waals surface area contributed by atoms with Crippen molar-refractivity contribution >= 4 is 5.82 Å². The van der Waals surface area contributed by atoms with Crippen molar-refractivity contribution in [2.45, 2.75) is 25.8 Å². The van der Waals surface area contributed by atoms with E-state index in [-0.39, 0.29) is 0 Å². The zero-order chi connectivity index (χ0) is 12.4. The van der Waals surface area contributed by atoms with Crippen LogP contribution in [-0.4, -0.2) is 38.1 Å². The van der Waals surface area contributed by atoms with Gasteiger partial charge in [-0.3, -0.25) is 0 Å². The number of nitrogens with zero attached hydrogens (tertiary/aromatic N) is 6. The summed E-state index contributed by atoms with van der Waals surface area (Å²) < 4.78 is 1.96. The molecule has 0 spiro atoms. The largest absolute Gasteiger partial charge is 0.356 e. The maximum atomic E-state index is 4.33. The second kappa shape index (κ2) is 4.72. The lowest BCUT2D eigenvalue weighted by Gasteiger charge is -2.32. The van der Waals surface area contributed by atoms with Crippen molar-refractivity contribution in [2.24, 2.45) is 0 Å². The molecule has 1 fully saturated rings. The third-order valence-electron chi connectivity index (χ3n) is 3.39. The Labute approximate surface area is 106 Å². The highest BCUT2D eigenvalue weighted by Gasteiger charge is 2.21. The Morgan fingerprint density at radius 1 is 1.22 bits per heavy atom. The van der Waals surface area contributed by atoms with E-state index in [1.807, 2.05) is 23.9 Å². The van der Waals surface area contributed by atoms with Gasteiger partial charge in [0.05, 0.1) is 12.2 Å². The van der Waals surface area contributed by atoms with E-state index >= 15 is 0 Å². The van der Waals surface area contributed by atoms with E-state index in [4.69, 9.17) is 0 Å². The minimum atomic E-state index is 0.465. The molecular formula is C12H16N6. The van der Waals surface area contributed by atoms with Crippen LogP contribution in [0.3, 0.4) is 0 Å². The van der Waals surface area contributed by atoms with Crippen molar-refractivity contribution in [2.75, 3.05) is 18.0 Å². The second-order valence-corrected chi connectivity index (χ2v) is 4.62. The fraction of sp³-hybridized carbons (Fsp3) is 0.500. The molecular weight excluding hydrogens is 228 g/mol. The quantitative estimate of drug-likeness (QED) is 0.795. The molecule has 0 bridgehead atoms. The number of aryl methyl sites for hydroxylation is 1. The SMILES string of the molecule is Cc1cc(N2CCC(n3ccnn3)CC2)ncn1. The van der Waals surface area contributed by atoms with Gasteiger partial charge in [0.2, 0.25) is 0 Å². The average Bonchev–Trinajstić information content (AvgIpc) is 2.93. The molecule has 0 saturated carbocycles. The van der Waals surface area contributed by atoms with Gasteiger partial charge in [0.15, 0.2) is 0 Å². The highest BCUT2D eigenvalue weighted by molar-refractivity contribution is 5.39. The molecule has 0 aromatic carbocycles. The van der Waals surface area contributed by atoms with Crippen LogP contribution < -0.4 is 4.90 Å². The number of anilines is 1. The molecule has 0 aliphatic carbocycles. The number of rotatable bonds is 2. The molecule has 6 heteroatoms. The van der Waals surface area contributed by atoms with E-state index in [1.165, 1.54) is 0 Å². The molecule has 0 radical (unpaired) electrons. The predicted molar refractivity (Wildman–Crippen MR) is 67.3 cm³/mol. The van der Waals surface area contributed by atoms with Crippen molar-refractivity contribution < 1.29 is 0 Å². The molecule has 0 atom stereocenters. The highest BCUT2D eigenvalue weighted by atomic mass is 15.4. The van der Waals surface area contributed by atoms with Crippen molar-refractivity contribution in [3.05, 3.63) is 30.5 Å². The van der Waals surface area contributed by atoms with E-state index in [9.17, 15) is 0 Å². The lowest BCUT2D eigenvalue weighted by Crippen LogP contribution is -2.35. The van der Waals surface area contributed by atoms with Gasteiger partial charge in [-0.2, -0.15) is 0 Å². The molecule has 0 unspecified atom stereocenters. The van der Waals surface area contributed by atoms with Gasteiger partial charge in [-0.15, -0.1) is 5.10 Å². The molecule has 3 rings (SSSR count). The number of aromatic nitrogens is 5. The molecule has 2 aromatic rings. The predicted octanol–water partition coefficient (Wildman–Crippen LogP) is 1.22. The molecule has 94 valence electrons. The third-order valence-corrected chi connectivity index (χ3v) is 3.39. The first-order valence-corrected chi connectivity index (χ1v) is 6.22. The first-order chi connectivity index (χ1) is 8.83. The Morgan fingerprint density at radius 2 is 2.06 bits per heavy atom. The summed E-state index contributed by atoms with van der Waals surface area (Å²) in [6, 6.07) is 2.50. The summed E-state index contributed by atoms with van der Waals surface area (Å²) in [4.78, 5) is 10.8. The first-order valence-electron chi connectivity index (χ1n) is 6.22. The fourth-order valence-electron chi connectivity index (χ4n) is 2.39. The van der Waals surface area contributed by atoms with Gasteiger partial charge in [0, 0.05) is 31.0 Å². The minimum absolute atomic E-state index is 0.465. The van der Waals surface area contributed by atoms with E-state index in [0.29, 0.717) is 6.04 Å². The van der Waals surface area contributed by atoms with Crippen LogP contribution in [0.2, 0.25) is 0 Å². The Balaban J connectivity index is 1.67. The summed E-state index contributed by atoms with van der Waals surface area (Å²) in [7, 11) is 0. The Bertz CT molecular complexity index is 501. The summed E-state index contributed by atoms with van der Waals surface area (Å²) in [5, 5.41) is 7.94. The zero-order valence-electron chi connectivity index (χ0n) is 10.4. The molecule has 1 aliphatic rings. The van der Waals surface area contributed by atoms with Crippen molar-refractivity contribution in [1.82, 2.24) is 25.0 Å². The molecule has 1 aliphatic heterocycles. The monoisotopic (exact) mass is 244 g/mol. The van der Waals surface area contributed by atoms with E-state index in [1.54, 1.807) is 12.5 Å². The molecule has 2 aromatic heterocycles. The normalized spacial score (nSPS) is 17.1. The fourth-order valence-corrected chi connectivity index (χ4v) is 2.39. The molecule has 0 amide bonds. The van der Waals surface area contributed by atoms with Gasteiger partial charge < -0.3 is 4.90 Å². The van der Waals surface area contributed by atoms with Crippen LogP contribution in [0.15, 0.2) is 24.8 Å². The highest BCUT2D eigenvalue weighted by Crippen LogP contribution is 2.24. The minimum Gasteiger partial charge on any atom is -0.356 e. The van der Waals surface area contributed by atoms with Gasteiger partial charge in [0.25, 0.3) is 0 Å². The third kappa shape index (κ3) is 2.18.